The number of aliphatic carboxylic acids is 1. The SMILES string of the molecule is Nc1cccc([C@@H](N)CC(=O)O)c1O. The Morgan fingerprint density at radius 3 is 2.71 bits per heavy atom. The molecule has 1 aromatic rings. The lowest BCUT2D eigenvalue weighted by molar-refractivity contribution is -0.137. The third kappa shape index (κ3) is 2.14. The number of benzene rings is 1. The third-order valence-corrected chi connectivity index (χ3v) is 1.89. The number of rotatable bonds is 3. The lowest BCUT2D eigenvalue weighted by Crippen LogP contribution is -2.15. The van der Waals surface area contributed by atoms with Crippen molar-refractivity contribution in [1.29, 1.82) is 0 Å². The highest BCUT2D eigenvalue weighted by Crippen LogP contribution is 2.29. The number of nitrogens with two attached hydrogens (primary N) is 2. The fourth-order valence-electron chi connectivity index (χ4n) is 1.18. The van der Waals surface area contributed by atoms with Gasteiger partial charge in [-0.05, 0) is 6.07 Å². The molecular formula is C9H12N2O3. The van der Waals surface area contributed by atoms with Gasteiger partial charge in [0.25, 0.3) is 0 Å². The van der Waals surface area contributed by atoms with E-state index in [4.69, 9.17) is 16.6 Å². The van der Waals surface area contributed by atoms with Crippen molar-refractivity contribution in [2.45, 2.75) is 12.5 Å². The normalized spacial score (nSPS) is 12.4. The predicted molar refractivity (Wildman–Crippen MR) is 51.7 cm³/mol. The molecule has 14 heavy (non-hydrogen) atoms. The lowest BCUT2D eigenvalue weighted by Gasteiger charge is -2.12. The molecule has 5 heteroatoms. The molecule has 5 nitrogen and oxygen atoms in total. The van der Waals surface area contributed by atoms with Gasteiger partial charge in [-0.15, -0.1) is 0 Å². The van der Waals surface area contributed by atoms with E-state index in [9.17, 15) is 9.90 Å². The standard InChI is InChI=1S/C9H12N2O3/c10-6-3-1-2-5(9(6)14)7(11)4-8(12)13/h1-3,7,14H,4,10-11H2,(H,12,13)/t7-/m0/s1. The van der Waals surface area contributed by atoms with Crippen LogP contribution in [0.2, 0.25) is 0 Å². The molecule has 76 valence electrons. The van der Waals surface area contributed by atoms with Gasteiger partial charge in [0.15, 0.2) is 0 Å². The minimum atomic E-state index is -1.01. The number of carbonyl (C=O) groups is 1. The summed E-state index contributed by atoms with van der Waals surface area (Å²) >= 11 is 0. The maximum atomic E-state index is 10.4. The van der Waals surface area contributed by atoms with E-state index in [2.05, 4.69) is 0 Å². The zero-order valence-electron chi connectivity index (χ0n) is 7.47. The Morgan fingerprint density at radius 2 is 2.14 bits per heavy atom. The molecule has 0 radical (unpaired) electrons. The van der Waals surface area contributed by atoms with Crippen LogP contribution in [0.1, 0.15) is 18.0 Å². The molecule has 1 atom stereocenters. The molecule has 0 aliphatic rings. The van der Waals surface area contributed by atoms with Crippen LogP contribution in [0.25, 0.3) is 0 Å². The monoisotopic (exact) mass is 196 g/mol. The maximum absolute atomic E-state index is 10.4. The van der Waals surface area contributed by atoms with Crippen molar-refractivity contribution in [2.24, 2.45) is 5.73 Å². The summed E-state index contributed by atoms with van der Waals surface area (Å²) in [4.78, 5) is 10.4. The Bertz CT molecular complexity index is 352. The molecule has 1 aromatic carbocycles. The Morgan fingerprint density at radius 1 is 1.50 bits per heavy atom. The average molecular weight is 196 g/mol. The highest BCUT2D eigenvalue weighted by atomic mass is 16.4. The molecule has 0 heterocycles. The number of anilines is 1. The van der Waals surface area contributed by atoms with Gasteiger partial charge in [-0.3, -0.25) is 4.79 Å². The lowest BCUT2D eigenvalue weighted by atomic mass is 10.0. The quantitative estimate of drug-likeness (QED) is 0.414. The van der Waals surface area contributed by atoms with Crippen molar-refractivity contribution in [1.82, 2.24) is 0 Å². The van der Waals surface area contributed by atoms with Gasteiger partial charge in [-0.1, -0.05) is 12.1 Å². The van der Waals surface area contributed by atoms with Gasteiger partial charge in [-0.25, -0.2) is 0 Å². The topological polar surface area (TPSA) is 110 Å². The molecule has 0 aromatic heterocycles. The van der Waals surface area contributed by atoms with Gasteiger partial charge in [-0.2, -0.15) is 0 Å². The van der Waals surface area contributed by atoms with Crippen molar-refractivity contribution in [3.05, 3.63) is 23.8 Å². The molecular weight excluding hydrogens is 184 g/mol. The predicted octanol–water partition coefficient (Wildman–Crippen LogP) is 0.449. The Hall–Kier alpha value is -1.75. The number of para-hydroxylation sites is 1. The minimum absolute atomic E-state index is 0.138. The van der Waals surface area contributed by atoms with Crippen LogP contribution in [0.3, 0.4) is 0 Å². The first-order chi connectivity index (χ1) is 6.52. The van der Waals surface area contributed by atoms with E-state index >= 15 is 0 Å². The molecule has 0 saturated heterocycles. The van der Waals surface area contributed by atoms with Crippen molar-refractivity contribution >= 4 is 11.7 Å². The molecule has 0 aliphatic heterocycles. The Balaban J connectivity index is 2.95. The van der Waals surface area contributed by atoms with Crippen LogP contribution in [0.15, 0.2) is 18.2 Å². The summed E-state index contributed by atoms with van der Waals surface area (Å²) in [6.07, 6.45) is -0.239. The summed E-state index contributed by atoms with van der Waals surface area (Å²) < 4.78 is 0. The molecule has 0 unspecified atom stereocenters. The fourth-order valence-corrected chi connectivity index (χ4v) is 1.18. The number of phenols is 1. The zero-order valence-corrected chi connectivity index (χ0v) is 7.47. The highest BCUT2D eigenvalue weighted by Gasteiger charge is 2.15. The number of aromatic hydroxyl groups is 1. The first kappa shape index (κ1) is 10.3. The summed E-state index contributed by atoms with van der Waals surface area (Å²) in [5.41, 5.74) is 11.6. The largest absolute Gasteiger partial charge is 0.505 e. The van der Waals surface area contributed by atoms with Crippen molar-refractivity contribution in [3.8, 4) is 5.75 Å². The van der Waals surface area contributed by atoms with Gasteiger partial charge in [0.2, 0.25) is 0 Å². The molecule has 0 spiro atoms. The Kier molecular flexibility index (Phi) is 2.93. The van der Waals surface area contributed by atoms with Crippen LogP contribution in [-0.4, -0.2) is 16.2 Å². The van der Waals surface area contributed by atoms with Crippen LogP contribution in [0.5, 0.6) is 5.75 Å². The molecule has 6 N–H and O–H groups in total. The second kappa shape index (κ2) is 3.97. The first-order valence-corrected chi connectivity index (χ1v) is 4.07. The van der Waals surface area contributed by atoms with Crippen LogP contribution >= 0.6 is 0 Å². The zero-order chi connectivity index (χ0) is 10.7. The number of nitrogen functional groups attached to an aromatic ring is 1. The van der Waals surface area contributed by atoms with Crippen LogP contribution in [0, 0.1) is 0 Å². The molecule has 1 rings (SSSR count). The summed E-state index contributed by atoms with van der Waals surface area (Å²) in [7, 11) is 0. The average Bonchev–Trinajstić information content (AvgIpc) is 2.08. The van der Waals surface area contributed by atoms with Gasteiger partial charge in [0.05, 0.1) is 12.1 Å². The summed E-state index contributed by atoms with van der Waals surface area (Å²) in [6.45, 7) is 0. The van der Waals surface area contributed by atoms with E-state index in [0.29, 0.717) is 5.56 Å². The minimum Gasteiger partial charge on any atom is -0.505 e. The van der Waals surface area contributed by atoms with Crippen LogP contribution in [-0.2, 0) is 4.79 Å². The van der Waals surface area contributed by atoms with Gasteiger partial charge in [0, 0.05) is 11.6 Å². The first-order valence-electron chi connectivity index (χ1n) is 4.07. The van der Waals surface area contributed by atoms with E-state index in [-0.39, 0.29) is 17.9 Å². The number of hydrogen-bond acceptors (Lipinski definition) is 4. The number of phenolic OH excluding ortho intramolecular Hbond substituents is 1. The van der Waals surface area contributed by atoms with Gasteiger partial charge in [0.1, 0.15) is 5.75 Å². The van der Waals surface area contributed by atoms with Gasteiger partial charge < -0.3 is 21.7 Å². The van der Waals surface area contributed by atoms with Crippen LogP contribution < -0.4 is 11.5 Å². The van der Waals surface area contributed by atoms with Crippen LogP contribution in [0.4, 0.5) is 5.69 Å². The van der Waals surface area contributed by atoms with E-state index in [1.807, 2.05) is 0 Å². The number of carboxylic acid groups (broad SMARTS) is 1. The molecule has 0 saturated carbocycles. The molecule has 0 bridgehead atoms. The smallest absolute Gasteiger partial charge is 0.305 e. The number of carboxylic acids is 1. The van der Waals surface area contributed by atoms with Crippen molar-refractivity contribution in [2.75, 3.05) is 5.73 Å². The summed E-state index contributed by atoms with van der Waals surface area (Å²) in [6, 6.07) is 3.95. The molecule has 0 fully saturated rings. The second-order valence-corrected chi connectivity index (χ2v) is 2.99. The number of hydrogen-bond donors (Lipinski definition) is 4. The van der Waals surface area contributed by atoms with E-state index in [1.165, 1.54) is 6.07 Å². The van der Waals surface area contributed by atoms with Crippen molar-refractivity contribution < 1.29 is 15.0 Å². The summed E-state index contributed by atoms with van der Waals surface area (Å²) in [5, 5.41) is 18.0. The summed E-state index contributed by atoms with van der Waals surface area (Å²) in [5.74, 6) is -1.15. The van der Waals surface area contributed by atoms with E-state index in [1.54, 1.807) is 12.1 Å². The maximum Gasteiger partial charge on any atom is 0.305 e. The Labute approximate surface area is 81.0 Å². The highest BCUT2D eigenvalue weighted by molar-refractivity contribution is 5.68. The van der Waals surface area contributed by atoms with E-state index in [0.717, 1.165) is 0 Å². The third-order valence-electron chi connectivity index (χ3n) is 1.89. The van der Waals surface area contributed by atoms with E-state index < -0.39 is 12.0 Å². The molecule has 0 amide bonds. The second-order valence-electron chi connectivity index (χ2n) is 2.99. The fraction of sp³-hybridized carbons (Fsp3) is 0.222. The molecule has 0 aliphatic carbocycles. The van der Waals surface area contributed by atoms with Gasteiger partial charge >= 0.3 is 5.97 Å². The van der Waals surface area contributed by atoms with Crippen molar-refractivity contribution in [3.63, 3.8) is 0 Å².